The number of fused-ring (bicyclic) bond motifs is 4. The molecule has 1 aromatic carbocycles. The number of carbonyl (C=O) groups excluding carboxylic acids is 2. The van der Waals surface area contributed by atoms with E-state index in [1.807, 2.05) is 25.1 Å². The van der Waals surface area contributed by atoms with Crippen molar-refractivity contribution in [1.82, 2.24) is 19.8 Å². The second-order valence-electron chi connectivity index (χ2n) is 8.58. The number of aliphatic hydroxyl groups excluding tert-OH is 1. The number of nitrogens with zero attached hydrogens (tertiary/aromatic N) is 3. The first-order chi connectivity index (χ1) is 15.5. The van der Waals surface area contributed by atoms with E-state index in [1.165, 1.54) is 0 Å². The van der Waals surface area contributed by atoms with Gasteiger partial charge in [-0.15, -0.1) is 0 Å². The van der Waals surface area contributed by atoms with Gasteiger partial charge in [-0.25, -0.2) is 0 Å². The molecular formula is C24H26N4O4. The monoisotopic (exact) mass is 434 g/mol. The number of benzene rings is 1. The molecule has 32 heavy (non-hydrogen) atoms. The van der Waals surface area contributed by atoms with Crippen LogP contribution in [-0.2, 0) is 10.2 Å². The van der Waals surface area contributed by atoms with Gasteiger partial charge in [0.1, 0.15) is 5.75 Å². The maximum Gasteiger partial charge on any atom is 0.255 e. The highest BCUT2D eigenvalue weighted by Gasteiger charge is 2.54. The van der Waals surface area contributed by atoms with E-state index in [2.05, 4.69) is 9.97 Å². The Morgan fingerprint density at radius 1 is 1.28 bits per heavy atom. The Bertz CT molecular complexity index is 1180. The van der Waals surface area contributed by atoms with Gasteiger partial charge in [0.15, 0.2) is 0 Å². The molecule has 1 spiro atoms. The smallest absolute Gasteiger partial charge is 0.255 e. The normalized spacial score (nSPS) is 19.0. The van der Waals surface area contributed by atoms with Crippen LogP contribution in [0.5, 0.6) is 5.75 Å². The van der Waals surface area contributed by atoms with Crippen molar-refractivity contribution in [3.63, 3.8) is 0 Å². The van der Waals surface area contributed by atoms with Crippen LogP contribution in [0.1, 0.15) is 41.0 Å². The van der Waals surface area contributed by atoms with Crippen molar-refractivity contribution < 1.29 is 19.4 Å². The predicted octanol–water partition coefficient (Wildman–Crippen LogP) is 2.25. The number of ether oxygens (including phenoxy) is 1. The molecule has 1 fully saturated rings. The van der Waals surface area contributed by atoms with Gasteiger partial charge >= 0.3 is 0 Å². The zero-order valence-corrected chi connectivity index (χ0v) is 18.2. The summed E-state index contributed by atoms with van der Waals surface area (Å²) in [6, 6.07) is 8.94. The number of aliphatic hydroxyl groups is 1. The third kappa shape index (κ3) is 2.97. The van der Waals surface area contributed by atoms with E-state index >= 15 is 0 Å². The number of carbonyl (C=O) groups is 2. The average molecular weight is 434 g/mol. The third-order valence-electron chi connectivity index (χ3n) is 6.73. The average Bonchev–Trinajstić information content (AvgIpc) is 3.20. The van der Waals surface area contributed by atoms with Crippen molar-refractivity contribution in [2.24, 2.45) is 0 Å². The van der Waals surface area contributed by atoms with Gasteiger partial charge in [-0.1, -0.05) is 6.92 Å². The van der Waals surface area contributed by atoms with E-state index in [-0.39, 0.29) is 18.4 Å². The summed E-state index contributed by atoms with van der Waals surface area (Å²) < 4.78 is 5.38. The van der Waals surface area contributed by atoms with Crippen molar-refractivity contribution in [3.8, 4) is 5.75 Å². The Morgan fingerprint density at radius 3 is 2.75 bits per heavy atom. The van der Waals surface area contributed by atoms with E-state index in [0.29, 0.717) is 31.6 Å². The number of nitrogens with one attached hydrogen (secondary N) is 1. The zero-order chi connectivity index (χ0) is 22.5. The Hall–Kier alpha value is -3.39. The summed E-state index contributed by atoms with van der Waals surface area (Å²) in [5.74, 6) is 0.654. The molecule has 0 aliphatic carbocycles. The van der Waals surface area contributed by atoms with Gasteiger partial charge in [-0.3, -0.25) is 14.6 Å². The van der Waals surface area contributed by atoms with Crippen LogP contribution in [0.4, 0.5) is 0 Å². The molecule has 0 unspecified atom stereocenters. The van der Waals surface area contributed by atoms with E-state index in [4.69, 9.17) is 4.74 Å². The maximum atomic E-state index is 13.0. The van der Waals surface area contributed by atoms with Gasteiger partial charge in [0, 0.05) is 61.1 Å². The Balaban J connectivity index is 1.59. The topological polar surface area (TPSA) is 98.8 Å². The lowest BCUT2D eigenvalue weighted by atomic mass is 9.68. The molecule has 2 N–H and O–H groups in total. The van der Waals surface area contributed by atoms with Crippen LogP contribution in [0.15, 0.2) is 42.7 Å². The molecule has 1 saturated heterocycles. The second kappa shape index (κ2) is 7.63. The summed E-state index contributed by atoms with van der Waals surface area (Å²) >= 11 is 0. The number of rotatable bonds is 4. The first-order valence-corrected chi connectivity index (χ1v) is 10.8. The minimum Gasteiger partial charge on any atom is -0.497 e. The number of amides is 2. The standard InChI is InChI=1S/C24H26N4O4/c1-3-20(30)28-14-24(12-27(13-24)23(31)15-5-4-8-25-10-15)21-17-7-6-16(32-2)9-18(17)26-22(21)19(28)11-29/h4-10,19,26,29H,3,11-14H2,1-2H3/t19-/m0/s1. The first-order valence-electron chi connectivity index (χ1n) is 10.8. The summed E-state index contributed by atoms with van der Waals surface area (Å²) in [7, 11) is 1.62. The minimum absolute atomic E-state index is 0.0117. The van der Waals surface area contributed by atoms with Crippen LogP contribution < -0.4 is 4.74 Å². The number of hydrogen-bond acceptors (Lipinski definition) is 5. The van der Waals surface area contributed by atoms with Gasteiger partial charge < -0.3 is 24.6 Å². The molecule has 2 aliphatic rings. The van der Waals surface area contributed by atoms with E-state index in [1.54, 1.807) is 41.4 Å². The number of hydrogen-bond donors (Lipinski definition) is 2. The quantitative estimate of drug-likeness (QED) is 0.656. The number of aromatic amines is 1. The Morgan fingerprint density at radius 2 is 2.09 bits per heavy atom. The fourth-order valence-corrected chi connectivity index (χ4v) is 5.23. The van der Waals surface area contributed by atoms with Crippen molar-refractivity contribution in [1.29, 1.82) is 0 Å². The molecule has 8 nitrogen and oxygen atoms in total. The molecular weight excluding hydrogens is 408 g/mol. The molecule has 2 amide bonds. The third-order valence-corrected chi connectivity index (χ3v) is 6.73. The zero-order valence-electron chi connectivity index (χ0n) is 18.2. The Labute approximate surface area is 185 Å². The lowest BCUT2D eigenvalue weighted by molar-refractivity contribution is -0.138. The van der Waals surface area contributed by atoms with Crippen LogP contribution in [0, 0.1) is 0 Å². The molecule has 0 bridgehead atoms. The molecule has 1 atom stereocenters. The van der Waals surface area contributed by atoms with E-state index in [9.17, 15) is 14.7 Å². The van der Waals surface area contributed by atoms with Gasteiger partial charge in [-0.05, 0) is 29.8 Å². The number of pyridine rings is 1. The summed E-state index contributed by atoms with van der Waals surface area (Å²) in [5.41, 5.74) is 2.99. The molecule has 4 heterocycles. The molecule has 2 aromatic heterocycles. The molecule has 5 rings (SSSR count). The molecule has 166 valence electrons. The SMILES string of the molecule is CCC(=O)N1CC2(CN(C(=O)c3cccnc3)C2)c2c([nH]c3cc(OC)ccc23)[C@@H]1CO. The molecule has 3 aromatic rings. The van der Waals surface area contributed by atoms with Crippen LogP contribution >= 0.6 is 0 Å². The van der Waals surface area contributed by atoms with Crippen LogP contribution in [-0.4, -0.2) is 70.0 Å². The van der Waals surface area contributed by atoms with Crippen molar-refractivity contribution in [2.45, 2.75) is 24.8 Å². The summed E-state index contributed by atoms with van der Waals surface area (Å²) in [4.78, 5) is 36.9. The number of H-pyrrole nitrogens is 1. The highest BCUT2D eigenvalue weighted by molar-refractivity contribution is 5.96. The van der Waals surface area contributed by atoms with E-state index in [0.717, 1.165) is 27.9 Å². The van der Waals surface area contributed by atoms with Crippen LogP contribution in [0.3, 0.4) is 0 Å². The highest BCUT2D eigenvalue weighted by atomic mass is 16.5. The van der Waals surface area contributed by atoms with Crippen LogP contribution in [0.25, 0.3) is 10.9 Å². The minimum atomic E-state index is -0.440. The number of likely N-dealkylation sites (tertiary alicyclic amines) is 1. The summed E-state index contributed by atoms with van der Waals surface area (Å²) in [6.45, 7) is 3.12. The molecule has 2 aliphatic heterocycles. The fraction of sp³-hybridized carbons (Fsp3) is 0.375. The van der Waals surface area contributed by atoms with Crippen molar-refractivity contribution in [2.75, 3.05) is 33.4 Å². The van der Waals surface area contributed by atoms with Gasteiger partial charge in [0.2, 0.25) is 5.91 Å². The molecule has 0 saturated carbocycles. The Kier molecular flexibility index (Phi) is 4.89. The van der Waals surface area contributed by atoms with Crippen LogP contribution in [0.2, 0.25) is 0 Å². The lowest BCUT2D eigenvalue weighted by Crippen LogP contribution is -2.68. The highest BCUT2D eigenvalue weighted by Crippen LogP contribution is 2.49. The maximum absolute atomic E-state index is 13.0. The number of aromatic nitrogens is 2. The van der Waals surface area contributed by atoms with Gasteiger partial charge in [0.05, 0.1) is 30.7 Å². The van der Waals surface area contributed by atoms with Gasteiger partial charge in [0.25, 0.3) is 5.91 Å². The summed E-state index contributed by atoms with van der Waals surface area (Å²) in [6.07, 6.45) is 3.58. The first kappa shape index (κ1) is 20.5. The van der Waals surface area contributed by atoms with Crippen molar-refractivity contribution >= 4 is 22.7 Å². The fourth-order valence-electron chi connectivity index (χ4n) is 5.23. The second-order valence-corrected chi connectivity index (χ2v) is 8.58. The predicted molar refractivity (Wildman–Crippen MR) is 119 cm³/mol. The van der Waals surface area contributed by atoms with Gasteiger partial charge in [-0.2, -0.15) is 0 Å². The largest absolute Gasteiger partial charge is 0.497 e. The van der Waals surface area contributed by atoms with E-state index < -0.39 is 11.5 Å². The molecule has 8 heteroatoms. The molecule has 0 radical (unpaired) electrons. The summed E-state index contributed by atoms with van der Waals surface area (Å²) in [5, 5.41) is 11.3. The lowest BCUT2D eigenvalue weighted by Gasteiger charge is -2.56. The van der Waals surface area contributed by atoms with Crippen molar-refractivity contribution in [3.05, 3.63) is 59.5 Å². The number of methoxy groups -OCH3 is 1.